The van der Waals surface area contributed by atoms with Crippen LogP contribution in [0.4, 0.5) is 15.8 Å². The lowest BCUT2D eigenvalue weighted by molar-refractivity contribution is -0.122. The molecule has 148 valence electrons. The van der Waals surface area contributed by atoms with Crippen molar-refractivity contribution < 1.29 is 14.0 Å². The number of nitrogens with one attached hydrogen (secondary N) is 3. The highest BCUT2D eigenvalue weighted by atomic mass is 19.1. The SMILES string of the molecule is CNC(=O)[C@H](CC1CCCC1)NC(=O)c1cccc(Nc2ccncc2F)c1. The molecule has 3 N–H and O–H groups in total. The van der Waals surface area contributed by atoms with Crippen LogP contribution >= 0.6 is 0 Å². The van der Waals surface area contributed by atoms with Crippen LogP contribution in [-0.4, -0.2) is 29.9 Å². The molecule has 2 amide bonds. The number of rotatable bonds is 7. The molecule has 1 aromatic heterocycles. The largest absolute Gasteiger partial charge is 0.357 e. The second kappa shape index (κ2) is 9.30. The summed E-state index contributed by atoms with van der Waals surface area (Å²) in [4.78, 5) is 28.7. The van der Waals surface area contributed by atoms with Crippen LogP contribution in [-0.2, 0) is 4.79 Å². The highest BCUT2D eigenvalue weighted by Gasteiger charge is 2.26. The molecule has 0 radical (unpaired) electrons. The van der Waals surface area contributed by atoms with Crippen LogP contribution in [0.3, 0.4) is 0 Å². The number of pyridine rings is 1. The van der Waals surface area contributed by atoms with E-state index in [0.29, 0.717) is 23.6 Å². The van der Waals surface area contributed by atoms with Gasteiger partial charge in [0.1, 0.15) is 6.04 Å². The van der Waals surface area contributed by atoms with Crippen LogP contribution in [0.15, 0.2) is 42.7 Å². The van der Waals surface area contributed by atoms with Crippen LogP contribution < -0.4 is 16.0 Å². The van der Waals surface area contributed by atoms with Crippen molar-refractivity contribution >= 4 is 23.2 Å². The van der Waals surface area contributed by atoms with Gasteiger partial charge < -0.3 is 16.0 Å². The number of hydrogen-bond acceptors (Lipinski definition) is 4. The Morgan fingerprint density at radius 2 is 2.04 bits per heavy atom. The van der Waals surface area contributed by atoms with Gasteiger partial charge in [-0.05, 0) is 36.6 Å². The number of nitrogens with zero attached hydrogens (tertiary/aromatic N) is 1. The molecule has 2 aromatic rings. The van der Waals surface area contributed by atoms with Crippen LogP contribution in [0.25, 0.3) is 0 Å². The number of anilines is 2. The monoisotopic (exact) mass is 384 g/mol. The summed E-state index contributed by atoms with van der Waals surface area (Å²) in [5.74, 6) is -0.530. The van der Waals surface area contributed by atoms with Crippen LogP contribution in [0.5, 0.6) is 0 Å². The summed E-state index contributed by atoms with van der Waals surface area (Å²) in [5.41, 5.74) is 1.25. The molecule has 1 atom stereocenters. The average Bonchev–Trinajstić information content (AvgIpc) is 3.22. The molecule has 3 rings (SSSR count). The van der Waals surface area contributed by atoms with Crippen molar-refractivity contribution in [2.45, 2.75) is 38.1 Å². The molecule has 0 bridgehead atoms. The van der Waals surface area contributed by atoms with Crippen molar-refractivity contribution in [1.82, 2.24) is 15.6 Å². The van der Waals surface area contributed by atoms with Gasteiger partial charge >= 0.3 is 0 Å². The first-order chi connectivity index (χ1) is 13.6. The summed E-state index contributed by atoms with van der Waals surface area (Å²) in [7, 11) is 1.57. The molecule has 1 aliphatic rings. The number of hydrogen-bond donors (Lipinski definition) is 3. The van der Waals surface area contributed by atoms with Crippen LogP contribution in [0.2, 0.25) is 0 Å². The Bertz CT molecular complexity index is 837. The summed E-state index contributed by atoms with van der Waals surface area (Å²) in [6, 6.07) is 7.71. The molecule has 0 spiro atoms. The van der Waals surface area contributed by atoms with Crippen LogP contribution in [0.1, 0.15) is 42.5 Å². The summed E-state index contributed by atoms with van der Waals surface area (Å²) in [5, 5.41) is 8.42. The van der Waals surface area contributed by atoms with E-state index in [1.54, 1.807) is 31.3 Å². The molecule has 1 aromatic carbocycles. The fraction of sp³-hybridized carbons (Fsp3) is 0.381. The van der Waals surface area contributed by atoms with E-state index in [1.165, 1.54) is 25.1 Å². The Morgan fingerprint density at radius 1 is 1.25 bits per heavy atom. The Morgan fingerprint density at radius 3 is 2.75 bits per heavy atom. The van der Waals surface area contributed by atoms with Gasteiger partial charge in [0, 0.05) is 24.5 Å². The molecule has 0 aliphatic heterocycles. The Balaban J connectivity index is 1.70. The Labute approximate surface area is 163 Å². The topological polar surface area (TPSA) is 83.1 Å². The van der Waals surface area contributed by atoms with Gasteiger partial charge in [-0.1, -0.05) is 31.7 Å². The lowest BCUT2D eigenvalue weighted by atomic mass is 9.97. The molecule has 6 nitrogen and oxygen atoms in total. The van der Waals surface area contributed by atoms with E-state index in [0.717, 1.165) is 19.0 Å². The zero-order valence-electron chi connectivity index (χ0n) is 15.9. The second-order valence-electron chi connectivity index (χ2n) is 7.09. The van der Waals surface area contributed by atoms with Crippen LogP contribution in [0, 0.1) is 11.7 Å². The first-order valence-electron chi connectivity index (χ1n) is 9.56. The van der Waals surface area contributed by atoms with Gasteiger partial charge in [-0.25, -0.2) is 4.39 Å². The number of halogens is 1. The maximum atomic E-state index is 13.8. The number of aromatic nitrogens is 1. The highest BCUT2D eigenvalue weighted by Crippen LogP contribution is 2.28. The van der Waals surface area contributed by atoms with E-state index in [1.807, 2.05) is 0 Å². The fourth-order valence-electron chi connectivity index (χ4n) is 3.60. The number of amides is 2. The van der Waals surface area contributed by atoms with E-state index in [4.69, 9.17) is 0 Å². The third-order valence-corrected chi connectivity index (χ3v) is 5.09. The van der Waals surface area contributed by atoms with Gasteiger partial charge in [0.05, 0.1) is 11.9 Å². The second-order valence-corrected chi connectivity index (χ2v) is 7.09. The molecule has 1 heterocycles. The molecule has 1 fully saturated rings. The summed E-state index contributed by atoms with van der Waals surface area (Å²) in [6.45, 7) is 0. The van der Waals surface area contributed by atoms with Gasteiger partial charge in [0.2, 0.25) is 5.91 Å². The third-order valence-electron chi connectivity index (χ3n) is 5.09. The Kier molecular flexibility index (Phi) is 6.57. The molecule has 7 heteroatoms. The number of benzene rings is 1. The molecule has 0 unspecified atom stereocenters. The predicted octanol–water partition coefficient (Wildman–Crippen LogP) is 3.39. The number of carbonyl (C=O) groups is 2. The summed E-state index contributed by atoms with van der Waals surface area (Å²) in [6.07, 6.45) is 7.80. The number of likely N-dealkylation sites (N-methyl/N-ethyl adjacent to an activating group) is 1. The summed E-state index contributed by atoms with van der Waals surface area (Å²) >= 11 is 0. The smallest absolute Gasteiger partial charge is 0.252 e. The van der Waals surface area contributed by atoms with E-state index >= 15 is 0 Å². The first-order valence-corrected chi connectivity index (χ1v) is 9.56. The minimum atomic E-state index is -0.560. The standard InChI is InChI=1S/C21H25FN4O2/c1-23-21(28)19(11-14-5-2-3-6-14)26-20(27)15-7-4-8-16(12-15)25-18-9-10-24-13-17(18)22/h4,7-10,12-14,19H,2-3,5-6,11H2,1H3,(H,23,28)(H,24,25)(H,26,27)/t19-/m0/s1. The van der Waals surface area contributed by atoms with Crippen molar-refractivity contribution in [1.29, 1.82) is 0 Å². The zero-order chi connectivity index (χ0) is 19.9. The van der Waals surface area contributed by atoms with Crippen molar-refractivity contribution in [3.05, 3.63) is 54.1 Å². The minimum Gasteiger partial charge on any atom is -0.357 e. The quantitative estimate of drug-likeness (QED) is 0.683. The molecule has 0 saturated heterocycles. The van der Waals surface area contributed by atoms with Crippen molar-refractivity contribution in [2.75, 3.05) is 12.4 Å². The van der Waals surface area contributed by atoms with Gasteiger partial charge in [0.15, 0.2) is 5.82 Å². The van der Waals surface area contributed by atoms with Crippen molar-refractivity contribution in [2.24, 2.45) is 5.92 Å². The minimum absolute atomic E-state index is 0.187. The highest BCUT2D eigenvalue weighted by molar-refractivity contribution is 5.98. The maximum Gasteiger partial charge on any atom is 0.252 e. The molecule has 1 aliphatic carbocycles. The molecular formula is C21H25FN4O2. The third kappa shape index (κ3) is 5.06. The zero-order valence-corrected chi connectivity index (χ0v) is 15.9. The maximum absolute atomic E-state index is 13.8. The normalized spacial score (nSPS) is 15.1. The lowest BCUT2D eigenvalue weighted by Crippen LogP contribution is -2.46. The first kappa shape index (κ1) is 19.8. The van der Waals surface area contributed by atoms with Gasteiger partial charge in [-0.3, -0.25) is 14.6 Å². The lowest BCUT2D eigenvalue weighted by Gasteiger charge is -2.21. The predicted molar refractivity (Wildman–Crippen MR) is 106 cm³/mol. The van der Waals surface area contributed by atoms with Gasteiger partial charge in [0.25, 0.3) is 5.91 Å². The van der Waals surface area contributed by atoms with Crippen molar-refractivity contribution in [3.63, 3.8) is 0 Å². The molecule has 1 saturated carbocycles. The van der Waals surface area contributed by atoms with E-state index in [-0.39, 0.29) is 17.5 Å². The Hall–Kier alpha value is -2.96. The van der Waals surface area contributed by atoms with E-state index < -0.39 is 11.9 Å². The molecular weight excluding hydrogens is 359 g/mol. The van der Waals surface area contributed by atoms with Gasteiger partial charge in [-0.15, -0.1) is 0 Å². The van der Waals surface area contributed by atoms with E-state index in [9.17, 15) is 14.0 Å². The summed E-state index contributed by atoms with van der Waals surface area (Å²) < 4.78 is 13.8. The molecule has 28 heavy (non-hydrogen) atoms. The van der Waals surface area contributed by atoms with Gasteiger partial charge in [-0.2, -0.15) is 0 Å². The number of carbonyl (C=O) groups excluding carboxylic acids is 2. The van der Waals surface area contributed by atoms with E-state index in [2.05, 4.69) is 20.9 Å². The fourth-order valence-corrected chi connectivity index (χ4v) is 3.60. The van der Waals surface area contributed by atoms with Crippen molar-refractivity contribution in [3.8, 4) is 0 Å². The average molecular weight is 384 g/mol.